The number of halogens is 3. The Kier molecular flexibility index (Phi) is 3.33. The maximum atomic E-state index is 11.9. The Morgan fingerprint density at radius 3 is 2.64 bits per heavy atom. The van der Waals surface area contributed by atoms with Crippen LogP contribution in [-0.2, 0) is 6.54 Å². The topological polar surface area (TPSA) is 42.2 Å². The Hall–Kier alpha value is -0.820. The second kappa shape index (κ2) is 4.14. The largest absolute Gasteiger partial charge is 0.401 e. The van der Waals surface area contributed by atoms with Crippen LogP contribution in [-0.4, -0.2) is 29.7 Å². The van der Waals surface area contributed by atoms with Crippen molar-refractivity contribution in [3.05, 3.63) is 11.1 Å². The molecule has 0 amide bonds. The zero-order valence-corrected chi connectivity index (χ0v) is 8.32. The van der Waals surface area contributed by atoms with E-state index in [0.29, 0.717) is 5.13 Å². The molecular weight excluding hydrogens is 215 g/mol. The van der Waals surface area contributed by atoms with Gasteiger partial charge in [0.05, 0.1) is 6.54 Å². The zero-order valence-electron chi connectivity index (χ0n) is 7.51. The van der Waals surface area contributed by atoms with E-state index in [-0.39, 0.29) is 6.54 Å². The average Bonchev–Trinajstić information content (AvgIpc) is 2.30. The molecule has 0 spiro atoms. The molecular formula is C7H10F3N3S. The summed E-state index contributed by atoms with van der Waals surface area (Å²) in [4.78, 5) is 5.66. The Balaban J connectivity index is 2.45. The molecule has 80 valence electrons. The van der Waals surface area contributed by atoms with Crippen LogP contribution >= 0.6 is 11.3 Å². The minimum absolute atomic E-state index is 0.217. The summed E-state index contributed by atoms with van der Waals surface area (Å²) in [7, 11) is 1.41. The van der Waals surface area contributed by atoms with Crippen LogP contribution in [0.1, 0.15) is 4.88 Å². The van der Waals surface area contributed by atoms with E-state index in [2.05, 4.69) is 4.98 Å². The summed E-state index contributed by atoms with van der Waals surface area (Å²) in [5.74, 6) is 0. The number of nitrogens with two attached hydrogens (primary N) is 1. The lowest BCUT2D eigenvalue weighted by molar-refractivity contribution is -0.143. The highest BCUT2D eigenvalue weighted by Crippen LogP contribution is 2.19. The van der Waals surface area contributed by atoms with Gasteiger partial charge >= 0.3 is 6.18 Å². The molecule has 2 N–H and O–H groups in total. The zero-order chi connectivity index (χ0) is 10.8. The number of hydrogen-bond donors (Lipinski definition) is 1. The second-order valence-corrected chi connectivity index (χ2v) is 4.10. The standard InChI is InChI=1S/C7H10F3N3S/c1-13(4-7(8,9)10)3-5-2-12-6(11)14-5/h2H,3-4H2,1H3,(H2,11,12). The fourth-order valence-corrected chi connectivity index (χ4v) is 1.79. The van der Waals surface area contributed by atoms with E-state index in [0.717, 1.165) is 4.88 Å². The molecule has 0 saturated carbocycles. The lowest BCUT2D eigenvalue weighted by Gasteiger charge is -2.16. The van der Waals surface area contributed by atoms with Crippen LogP contribution in [0, 0.1) is 0 Å². The van der Waals surface area contributed by atoms with Crippen LogP contribution in [0.5, 0.6) is 0 Å². The Labute approximate surface area is 83.3 Å². The van der Waals surface area contributed by atoms with Crippen molar-refractivity contribution < 1.29 is 13.2 Å². The minimum atomic E-state index is -4.16. The van der Waals surface area contributed by atoms with Crippen molar-refractivity contribution in [2.75, 3.05) is 19.3 Å². The molecule has 0 radical (unpaired) electrons. The van der Waals surface area contributed by atoms with Gasteiger partial charge in [0.2, 0.25) is 0 Å². The van der Waals surface area contributed by atoms with Crippen LogP contribution < -0.4 is 5.73 Å². The number of alkyl halides is 3. The SMILES string of the molecule is CN(Cc1cnc(N)s1)CC(F)(F)F. The fraction of sp³-hybridized carbons (Fsp3) is 0.571. The maximum Gasteiger partial charge on any atom is 0.401 e. The summed E-state index contributed by atoms with van der Waals surface area (Å²) in [5.41, 5.74) is 5.35. The summed E-state index contributed by atoms with van der Waals surface area (Å²) in [6.07, 6.45) is -2.67. The average molecular weight is 225 g/mol. The van der Waals surface area contributed by atoms with Gasteiger partial charge in [-0.1, -0.05) is 0 Å². The smallest absolute Gasteiger partial charge is 0.375 e. The molecule has 1 rings (SSSR count). The molecule has 0 aliphatic heterocycles. The summed E-state index contributed by atoms with van der Waals surface area (Å²) < 4.78 is 35.8. The quantitative estimate of drug-likeness (QED) is 0.851. The van der Waals surface area contributed by atoms with Crippen molar-refractivity contribution in [1.29, 1.82) is 0 Å². The summed E-state index contributed by atoms with van der Waals surface area (Å²) >= 11 is 1.20. The van der Waals surface area contributed by atoms with Crippen LogP contribution in [0.2, 0.25) is 0 Å². The molecule has 0 bridgehead atoms. The molecule has 0 fully saturated rings. The molecule has 0 aliphatic carbocycles. The number of nitrogen functional groups attached to an aromatic ring is 1. The van der Waals surface area contributed by atoms with Gasteiger partial charge in [0, 0.05) is 17.6 Å². The van der Waals surface area contributed by atoms with Crippen LogP contribution in [0.3, 0.4) is 0 Å². The molecule has 0 unspecified atom stereocenters. The maximum absolute atomic E-state index is 11.9. The third-order valence-corrected chi connectivity index (χ3v) is 2.26. The highest BCUT2D eigenvalue weighted by molar-refractivity contribution is 7.15. The number of nitrogens with zero attached hydrogens (tertiary/aromatic N) is 2. The van der Waals surface area contributed by atoms with Gasteiger partial charge in [-0.2, -0.15) is 13.2 Å². The first-order chi connectivity index (χ1) is 6.37. The van der Waals surface area contributed by atoms with E-state index in [4.69, 9.17) is 5.73 Å². The third kappa shape index (κ3) is 3.93. The molecule has 7 heteroatoms. The van der Waals surface area contributed by atoms with Gasteiger partial charge in [-0.05, 0) is 7.05 Å². The van der Waals surface area contributed by atoms with Crippen molar-refractivity contribution in [2.24, 2.45) is 0 Å². The lowest BCUT2D eigenvalue weighted by Crippen LogP contribution is -2.30. The number of anilines is 1. The van der Waals surface area contributed by atoms with Crippen molar-refractivity contribution in [2.45, 2.75) is 12.7 Å². The highest BCUT2D eigenvalue weighted by Gasteiger charge is 2.29. The van der Waals surface area contributed by atoms with E-state index in [1.165, 1.54) is 29.5 Å². The molecule has 14 heavy (non-hydrogen) atoms. The Morgan fingerprint density at radius 2 is 2.21 bits per heavy atom. The molecule has 1 heterocycles. The van der Waals surface area contributed by atoms with E-state index in [1.807, 2.05) is 0 Å². The van der Waals surface area contributed by atoms with Crippen molar-refractivity contribution in [3.63, 3.8) is 0 Å². The molecule has 0 atom stereocenters. The van der Waals surface area contributed by atoms with Gasteiger partial charge in [-0.15, -0.1) is 11.3 Å². The van der Waals surface area contributed by atoms with E-state index in [1.54, 1.807) is 0 Å². The predicted molar refractivity (Wildman–Crippen MR) is 48.9 cm³/mol. The van der Waals surface area contributed by atoms with Gasteiger partial charge in [0.25, 0.3) is 0 Å². The second-order valence-electron chi connectivity index (χ2n) is 2.95. The van der Waals surface area contributed by atoms with Crippen LogP contribution in [0.15, 0.2) is 6.20 Å². The summed E-state index contributed by atoms with van der Waals surface area (Å²) in [6.45, 7) is -0.709. The van der Waals surface area contributed by atoms with Gasteiger partial charge in [-0.3, -0.25) is 4.90 Å². The van der Waals surface area contributed by atoms with E-state index in [9.17, 15) is 13.2 Å². The van der Waals surface area contributed by atoms with Crippen molar-refractivity contribution in [3.8, 4) is 0 Å². The van der Waals surface area contributed by atoms with Gasteiger partial charge in [0.1, 0.15) is 0 Å². The molecule has 3 nitrogen and oxygen atoms in total. The molecule has 1 aromatic rings. The van der Waals surface area contributed by atoms with E-state index < -0.39 is 12.7 Å². The number of thiazole rings is 1. The van der Waals surface area contributed by atoms with Gasteiger partial charge in [-0.25, -0.2) is 4.98 Å². The first-order valence-corrected chi connectivity index (χ1v) is 4.64. The van der Waals surface area contributed by atoms with Gasteiger partial charge in [0.15, 0.2) is 5.13 Å². The molecule has 0 aromatic carbocycles. The monoisotopic (exact) mass is 225 g/mol. The number of hydrogen-bond acceptors (Lipinski definition) is 4. The molecule has 0 saturated heterocycles. The van der Waals surface area contributed by atoms with Crippen molar-refractivity contribution in [1.82, 2.24) is 9.88 Å². The third-order valence-electron chi connectivity index (χ3n) is 1.45. The van der Waals surface area contributed by atoms with Crippen LogP contribution in [0.4, 0.5) is 18.3 Å². The van der Waals surface area contributed by atoms with Crippen molar-refractivity contribution >= 4 is 16.5 Å². The lowest BCUT2D eigenvalue weighted by atomic mass is 10.4. The molecule has 1 aromatic heterocycles. The number of aromatic nitrogens is 1. The Morgan fingerprint density at radius 1 is 1.57 bits per heavy atom. The Bertz CT molecular complexity index is 297. The van der Waals surface area contributed by atoms with Gasteiger partial charge < -0.3 is 5.73 Å². The first-order valence-electron chi connectivity index (χ1n) is 3.82. The van der Waals surface area contributed by atoms with E-state index >= 15 is 0 Å². The van der Waals surface area contributed by atoms with Crippen LogP contribution in [0.25, 0.3) is 0 Å². The summed E-state index contributed by atoms with van der Waals surface area (Å²) in [5, 5.41) is 0.375. The predicted octanol–water partition coefficient (Wildman–Crippen LogP) is 1.72. The first kappa shape index (κ1) is 11.3. The number of rotatable bonds is 3. The summed E-state index contributed by atoms with van der Waals surface area (Å²) in [6, 6.07) is 0. The molecule has 0 aliphatic rings. The highest BCUT2D eigenvalue weighted by atomic mass is 32.1. The fourth-order valence-electron chi connectivity index (χ4n) is 1.02. The minimum Gasteiger partial charge on any atom is -0.375 e. The normalized spacial score (nSPS) is 12.4.